The molecule has 1 N–H and O–H groups in total. The van der Waals surface area contributed by atoms with Crippen molar-refractivity contribution in [2.45, 2.75) is 33.2 Å². The molecule has 0 atom stereocenters. The fraction of sp³-hybridized carbons (Fsp3) is 0.231. The number of carbonyl (C=O) groups excluding carboxylic acids is 2. The summed E-state index contributed by atoms with van der Waals surface area (Å²) in [5.41, 5.74) is 5.17. The van der Waals surface area contributed by atoms with Crippen molar-refractivity contribution in [1.29, 1.82) is 0 Å². The van der Waals surface area contributed by atoms with Gasteiger partial charge in [0.1, 0.15) is 0 Å². The highest BCUT2D eigenvalue weighted by Gasteiger charge is 2.26. The molecule has 2 aliphatic heterocycles. The van der Waals surface area contributed by atoms with E-state index in [-0.39, 0.29) is 24.4 Å². The fourth-order valence-corrected chi connectivity index (χ4v) is 5.19. The van der Waals surface area contributed by atoms with Gasteiger partial charge in [-0.25, -0.2) is 9.97 Å². The standard InChI is InChI=1S/C26H22N4O5S/c1-14-24(35-15(2)27-14)25(32)29-26-28-19(12-36-26)17-4-6-20-18(10-17)5-8-23(31)30(20)11-16-3-7-21-22(9-16)34-13-33-21/h3-4,6-7,9-10,12H,5,8,11,13H2,1-2H3,(H,28,29,32). The minimum absolute atomic E-state index is 0.0875. The average Bonchev–Trinajstić information content (AvgIpc) is 3.60. The van der Waals surface area contributed by atoms with Crippen LogP contribution >= 0.6 is 11.3 Å². The number of oxazole rings is 1. The molecule has 0 bridgehead atoms. The number of carbonyl (C=O) groups is 2. The molecule has 2 aliphatic rings. The second-order valence-electron chi connectivity index (χ2n) is 8.65. The zero-order chi connectivity index (χ0) is 24.8. The predicted octanol–water partition coefficient (Wildman–Crippen LogP) is 4.88. The molecule has 2 aromatic heterocycles. The number of benzene rings is 2. The number of amides is 2. The van der Waals surface area contributed by atoms with E-state index >= 15 is 0 Å². The first-order valence-corrected chi connectivity index (χ1v) is 12.4. The van der Waals surface area contributed by atoms with Crippen LogP contribution < -0.4 is 19.7 Å². The van der Waals surface area contributed by atoms with Crippen LogP contribution in [0.15, 0.2) is 46.2 Å². The van der Waals surface area contributed by atoms with Crippen LogP contribution in [0.25, 0.3) is 11.3 Å². The van der Waals surface area contributed by atoms with Crippen LogP contribution in [0.5, 0.6) is 11.5 Å². The number of aryl methyl sites for hydroxylation is 3. The monoisotopic (exact) mass is 502 g/mol. The Kier molecular flexibility index (Phi) is 5.45. The first kappa shape index (κ1) is 22.3. The van der Waals surface area contributed by atoms with Gasteiger partial charge >= 0.3 is 0 Å². The van der Waals surface area contributed by atoms with Gasteiger partial charge in [0.25, 0.3) is 5.91 Å². The van der Waals surface area contributed by atoms with Gasteiger partial charge < -0.3 is 18.8 Å². The number of nitrogens with one attached hydrogen (secondary N) is 1. The van der Waals surface area contributed by atoms with Gasteiger partial charge in [-0.15, -0.1) is 11.3 Å². The van der Waals surface area contributed by atoms with E-state index in [4.69, 9.17) is 13.9 Å². The summed E-state index contributed by atoms with van der Waals surface area (Å²) in [6.07, 6.45) is 1.10. The SMILES string of the molecule is Cc1nc(C)c(C(=O)Nc2nc(-c3ccc4c(c3)CCC(=O)N4Cc3ccc4c(c3)OCO4)cs2)o1. The molecule has 0 fully saturated rings. The third-order valence-corrected chi connectivity index (χ3v) is 6.95. The normalized spacial score (nSPS) is 14.2. The lowest BCUT2D eigenvalue weighted by molar-refractivity contribution is -0.119. The molecule has 6 rings (SSSR count). The summed E-state index contributed by atoms with van der Waals surface area (Å²) in [5.74, 6) is 1.76. The molecule has 2 aromatic carbocycles. The number of aromatic nitrogens is 2. The van der Waals surface area contributed by atoms with Gasteiger partial charge in [-0.05, 0) is 48.7 Å². The van der Waals surface area contributed by atoms with Crippen molar-refractivity contribution in [1.82, 2.24) is 9.97 Å². The topological polar surface area (TPSA) is 107 Å². The summed E-state index contributed by atoms with van der Waals surface area (Å²) in [5, 5.41) is 5.16. The zero-order valence-corrected chi connectivity index (χ0v) is 20.5. The van der Waals surface area contributed by atoms with Crippen LogP contribution in [0, 0.1) is 13.8 Å². The molecule has 0 radical (unpaired) electrons. The molecule has 36 heavy (non-hydrogen) atoms. The van der Waals surface area contributed by atoms with Gasteiger partial charge in [0.15, 0.2) is 22.5 Å². The fourth-order valence-electron chi connectivity index (χ4n) is 4.47. The third kappa shape index (κ3) is 4.09. The first-order valence-electron chi connectivity index (χ1n) is 11.5. The summed E-state index contributed by atoms with van der Waals surface area (Å²) in [4.78, 5) is 35.9. The van der Waals surface area contributed by atoms with E-state index in [9.17, 15) is 9.59 Å². The minimum Gasteiger partial charge on any atom is -0.454 e. The Morgan fingerprint density at radius 3 is 2.78 bits per heavy atom. The number of hydrogen-bond donors (Lipinski definition) is 1. The molecular weight excluding hydrogens is 480 g/mol. The third-order valence-electron chi connectivity index (χ3n) is 6.19. The molecule has 0 unspecified atom stereocenters. The van der Waals surface area contributed by atoms with Gasteiger partial charge in [-0.2, -0.15) is 0 Å². The number of hydrogen-bond acceptors (Lipinski definition) is 8. The largest absolute Gasteiger partial charge is 0.454 e. The highest BCUT2D eigenvalue weighted by atomic mass is 32.1. The maximum absolute atomic E-state index is 12.8. The Morgan fingerprint density at radius 1 is 1.08 bits per heavy atom. The van der Waals surface area contributed by atoms with Crippen LogP contribution in [0.4, 0.5) is 10.8 Å². The predicted molar refractivity (Wildman–Crippen MR) is 134 cm³/mol. The summed E-state index contributed by atoms with van der Waals surface area (Å²) < 4.78 is 16.3. The maximum atomic E-state index is 12.8. The number of fused-ring (bicyclic) bond motifs is 2. The van der Waals surface area contributed by atoms with Crippen LogP contribution in [0.2, 0.25) is 0 Å². The Balaban J connectivity index is 1.21. The number of nitrogens with zero attached hydrogens (tertiary/aromatic N) is 3. The maximum Gasteiger partial charge on any atom is 0.295 e. The number of ether oxygens (including phenoxy) is 2. The van der Waals surface area contributed by atoms with Crippen molar-refractivity contribution in [3.8, 4) is 22.8 Å². The lowest BCUT2D eigenvalue weighted by atomic mass is 9.97. The minimum atomic E-state index is -0.378. The van der Waals surface area contributed by atoms with Crippen molar-refractivity contribution < 1.29 is 23.5 Å². The Morgan fingerprint density at radius 2 is 1.94 bits per heavy atom. The Hall–Kier alpha value is -4.18. The van der Waals surface area contributed by atoms with E-state index in [1.807, 2.05) is 40.6 Å². The van der Waals surface area contributed by atoms with E-state index in [0.717, 1.165) is 33.8 Å². The molecule has 4 heterocycles. The second-order valence-corrected chi connectivity index (χ2v) is 9.51. The van der Waals surface area contributed by atoms with Crippen LogP contribution in [-0.2, 0) is 17.8 Å². The molecule has 4 aromatic rings. The molecule has 10 heteroatoms. The van der Waals surface area contributed by atoms with E-state index in [2.05, 4.69) is 21.4 Å². The Bertz CT molecular complexity index is 1510. The number of anilines is 2. The highest BCUT2D eigenvalue weighted by molar-refractivity contribution is 7.14. The lowest BCUT2D eigenvalue weighted by Crippen LogP contribution is -2.34. The molecule has 0 spiro atoms. The number of rotatable bonds is 5. The van der Waals surface area contributed by atoms with Crippen LogP contribution in [0.1, 0.15) is 39.7 Å². The van der Waals surface area contributed by atoms with Gasteiger partial charge in [0.05, 0.1) is 17.9 Å². The summed E-state index contributed by atoms with van der Waals surface area (Å²) in [7, 11) is 0. The van der Waals surface area contributed by atoms with Crippen molar-refractivity contribution in [2.24, 2.45) is 0 Å². The molecule has 0 saturated heterocycles. The van der Waals surface area contributed by atoms with E-state index in [0.29, 0.717) is 41.9 Å². The average molecular weight is 503 g/mol. The van der Waals surface area contributed by atoms with Gasteiger partial charge in [-0.1, -0.05) is 12.1 Å². The van der Waals surface area contributed by atoms with Crippen molar-refractivity contribution in [2.75, 3.05) is 17.0 Å². The number of thiazole rings is 1. The summed E-state index contributed by atoms with van der Waals surface area (Å²) in [6.45, 7) is 4.10. The molecular formula is C26H22N4O5S. The van der Waals surface area contributed by atoms with Gasteiger partial charge in [0.2, 0.25) is 18.5 Å². The highest BCUT2D eigenvalue weighted by Crippen LogP contribution is 2.36. The van der Waals surface area contributed by atoms with Crippen molar-refractivity contribution in [3.63, 3.8) is 0 Å². The van der Waals surface area contributed by atoms with Gasteiger partial charge in [0, 0.05) is 30.0 Å². The van der Waals surface area contributed by atoms with Crippen LogP contribution in [0.3, 0.4) is 0 Å². The summed E-state index contributed by atoms with van der Waals surface area (Å²) >= 11 is 1.34. The van der Waals surface area contributed by atoms with E-state index < -0.39 is 0 Å². The van der Waals surface area contributed by atoms with Crippen LogP contribution in [-0.4, -0.2) is 28.6 Å². The smallest absolute Gasteiger partial charge is 0.295 e. The van der Waals surface area contributed by atoms with E-state index in [1.54, 1.807) is 13.8 Å². The van der Waals surface area contributed by atoms with Crippen molar-refractivity contribution in [3.05, 3.63) is 70.3 Å². The molecule has 0 aliphatic carbocycles. The zero-order valence-electron chi connectivity index (χ0n) is 19.7. The lowest BCUT2D eigenvalue weighted by Gasteiger charge is -2.30. The quantitative estimate of drug-likeness (QED) is 0.415. The molecule has 182 valence electrons. The van der Waals surface area contributed by atoms with Crippen molar-refractivity contribution >= 4 is 34.0 Å². The molecule has 9 nitrogen and oxygen atoms in total. The Labute approximate surface area is 210 Å². The van der Waals surface area contributed by atoms with E-state index in [1.165, 1.54) is 11.3 Å². The summed E-state index contributed by atoms with van der Waals surface area (Å²) in [6, 6.07) is 11.7. The molecule has 2 amide bonds. The molecule has 0 saturated carbocycles. The second kappa shape index (κ2) is 8.80. The van der Waals surface area contributed by atoms with Gasteiger partial charge in [-0.3, -0.25) is 14.9 Å². The first-order chi connectivity index (χ1) is 17.4.